The Kier molecular flexibility index (Phi) is 4.10. The van der Waals surface area contributed by atoms with Gasteiger partial charge in [0.15, 0.2) is 11.6 Å². The van der Waals surface area contributed by atoms with Crippen molar-refractivity contribution in [2.24, 2.45) is 10.4 Å². The summed E-state index contributed by atoms with van der Waals surface area (Å²) in [5.74, 6) is 1.08. The van der Waals surface area contributed by atoms with E-state index in [1.165, 1.54) is 0 Å². The number of nitrogen functional groups attached to an aromatic ring is 1. The summed E-state index contributed by atoms with van der Waals surface area (Å²) in [5.41, 5.74) is 7.45. The van der Waals surface area contributed by atoms with Crippen LogP contribution in [0.2, 0.25) is 0 Å². The second-order valence-corrected chi connectivity index (χ2v) is 4.62. The van der Waals surface area contributed by atoms with Crippen molar-refractivity contribution in [1.82, 2.24) is 5.16 Å². The molecule has 0 saturated heterocycles. The maximum atomic E-state index is 5.79. The fraction of sp³-hybridized carbons (Fsp3) is 0.538. The summed E-state index contributed by atoms with van der Waals surface area (Å²) in [5, 5.41) is 3.82. The topological polar surface area (TPSA) is 64.4 Å². The van der Waals surface area contributed by atoms with E-state index in [2.05, 4.69) is 30.9 Å². The van der Waals surface area contributed by atoms with Gasteiger partial charge in [0.2, 0.25) is 0 Å². The average Bonchev–Trinajstić information content (AvgIpc) is 2.63. The van der Waals surface area contributed by atoms with Gasteiger partial charge in [0.25, 0.3) is 0 Å². The van der Waals surface area contributed by atoms with E-state index >= 15 is 0 Å². The van der Waals surface area contributed by atoms with Crippen molar-refractivity contribution in [3.8, 4) is 0 Å². The quantitative estimate of drug-likeness (QED) is 0.815. The Balaban J connectivity index is 3.32. The first-order valence-electron chi connectivity index (χ1n) is 5.83. The third-order valence-corrected chi connectivity index (χ3v) is 3.05. The minimum Gasteiger partial charge on any atom is -0.380 e. The van der Waals surface area contributed by atoms with Gasteiger partial charge in [-0.05, 0) is 13.3 Å². The fourth-order valence-electron chi connectivity index (χ4n) is 1.69. The number of nitrogens with zero attached hydrogens (tertiary/aromatic N) is 2. The molecule has 0 atom stereocenters. The molecule has 17 heavy (non-hydrogen) atoms. The number of hydrogen-bond acceptors (Lipinski definition) is 4. The van der Waals surface area contributed by atoms with Gasteiger partial charge in [-0.15, -0.1) is 0 Å². The highest BCUT2D eigenvalue weighted by Crippen LogP contribution is 2.30. The van der Waals surface area contributed by atoms with Gasteiger partial charge in [-0.1, -0.05) is 38.1 Å². The lowest BCUT2D eigenvalue weighted by Gasteiger charge is -2.23. The van der Waals surface area contributed by atoms with Crippen molar-refractivity contribution in [2.75, 3.05) is 12.8 Å². The maximum Gasteiger partial charge on any atom is 0.190 e. The lowest BCUT2D eigenvalue weighted by Crippen LogP contribution is -2.24. The molecule has 0 aliphatic rings. The van der Waals surface area contributed by atoms with E-state index in [1.807, 2.05) is 19.1 Å². The molecule has 0 amide bonds. The predicted molar refractivity (Wildman–Crippen MR) is 72.2 cm³/mol. The molecule has 0 saturated carbocycles. The molecule has 94 valence electrons. The predicted octanol–water partition coefficient (Wildman–Crippen LogP) is 3.15. The molecule has 0 aromatic carbocycles. The summed E-state index contributed by atoms with van der Waals surface area (Å²) in [7, 11) is 1.77. The zero-order chi connectivity index (χ0) is 13.1. The van der Waals surface area contributed by atoms with Gasteiger partial charge < -0.3 is 10.3 Å². The summed E-state index contributed by atoms with van der Waals surface area (Å²) >= 11 is 0. The van der Waals surface area contributed by atoms with Crippen LogP contribution in [0, 0.1) is 5.41 Å². The summed E-state index contributed by atoms with van der Waals surface area (Å²) in [6, 6.07) is 0. The Morgan fingerprint density at radius 3 is 2.65 bits per heavy atom. The average molecular weight is 235 g/mol. The van der Waals surface area contributed by atoms with Gasteiger partial charge in [0.1, 0.15) is 0 Å². The van der Waals surface area contributed by atoms with E-state index < -0.39 is 0 Å². The van der Waals surface area contributed by atoms with Crippen LogP contribution in [0.3, 0.4) is 0 Å². The maximum absolute atomic E-state index is 5.79. The monoisotopic (exact) mass is 235 g/mol. The molecular weight excluding hydrogens is 214 g/mol. The van der Waals surface area contributed by atoms with Crippen molar-refractivity contribution < 1.29 is 4.52 Å². The van der Waals surface area contributed by atoms with Crippen molar-refractivity contribution in [3.05, 3.63) is 17.4 Å². The van der Waals surface area contributed by atoms with Gasteiger partial charge in [0.05, 0.1) is 11.3 Å². The molecule has 0 bridgehead atoms. The van der Waals surface area contributed by atoms with Gasteiger partial charge in [-0.25, -0.2) is 0 Å². The Morgan fingerprint density at radius 1 is 1.53 bits per heavy atom. The highest BCUT2D eigenvalue weighted by Gasteiger charge is 2.29. The standard InChI is InChI=1S/C13H21N3O/c1-6-8-9-10(17-16-12(9)14)11(15-5)13(3,4)7-2/h6,8H,7H2,1-5H3,(H2,14,16)/b8-6-,15-11+. The van der Waals surface area contributed by atoms with Crippen LogP contribution < -0.4 is 5.73 Å². The Morgan fingerprint density at radius 2 is 2.18 bits per heavy atom. The summed E-state index contributed by atoms with van der Waals surface area (Å²) in [4.78, 5) is 4.35. The first-order chi connectivity index (χ1) is 7.97. The Hall–Kier alpha value is -1.58. The summed E-state index contributed by atoms with van der Waals surface area (Å²) in [6.07, 6.45) is 4.78. The number of aliphatic imine (C=N–C) groups is 1. The van der Waals surface area contributed by atoms with Crippen LogP contribution in [-0.4, -0.2) is 17.9 Å². The van der Waals surface area contributed by atoms with E-state index in [9.17, 15) is 0 Å². The minimum atomic E-state index is -0.0585. The van der Waals surface area contributed by atoms with Gasteiger partial charge >= 0.3 is 0 Å². The van der Waals surface area contributed by atoms with Crippen LogP contribution in [-0.2, 0) is 0 Å². The molecule has 1 rings (SSSR count). The first-order valence-corrected chi connectivity index (χ1v) is 5.83. The van der Waals surface area contributed by atoms with Crippen LogP contribution in [0.4, 0.5) is 5.82 Å². The molecule has 0 spiro atoms. The van der Waals surface area contributed by atoms with Gasteiger partial charge in [-0.3, -0.25) is 4.99 Å². The number of nitrogens with two attached hydrogens (primary N) is 1. The van der Waals surface area contributed by atoms with E-state index in [0.717, 1.165) is 17.7 Å². The van der Waals surface area contributed by atoms with Crippen LogP contribution >= 0.6 is 0 Å². The lowest BCUT2D eigenvalue weighted by molar-refractivity contribution is 0.401. The fourth-order valence-corrected chi connectivity index (χ4v) is 1.69. The smallest absolute Gasteiger partial charge is 0.190 e. The van der Waals surface area contributed by atoms with E-state index in [1.54, 1.807) is 7.05 Å². The zero-order valence-corrected chi connectivity index (χ0v) is 11.2. The molecule has 2 N–H and O–H groups in total. The molecule has 0 fully saturated rings. The van der Waals surface area contributed by atoms with Crippen LogP contribution in [0.25, 0.3) is 6.08 Å². The summed E-state index contributed by atoms with van der Waals surface area (Å²) < 4.78 is 5.33. The Labute approximate surface area is 103 Å². The van der Waals surface area contributed by atoms with E-state index in [-0.39, 0.29) is 5.41 Å². The molecule has 4 nitrogen and oxygen atoms in total. The normalized spacial score (nSPS) is 13.6. The highest BCUT2D eigenvalue weighted by molar-refractivity contribution is 6.05. The van der Waals surface area contributed by atoms with E-state index in [4.69, 9.17) is 10.3 Å². The number of anilines is 1. The van der Waals surface area contributed by atoms with Gasteiger partial charge in [-0.2, -0.15) is 0 Å². The molecule has 4 heteroatoms. The second-order valence-electron chi connectivity index (χ2n) is 4.62. The number of rotatable bonds is 4. The number of aromatic nitrogens is 1. The van der Waals surface area contributed by atoms with Gasteiger partial charge in [0, 0.05) is 12.5 Å². The first kappa shape index (κ1) is 13.5. The summed E-state index contributed by atoms with van der Waals surface area (Å²) in [6.45, 7) is 8.32. The number of allylic oxidation sites excluding steroid dienone is 1. The third kappa shape index (κ3) is 2.57. The van der Waals surface area contributed by atoms with Crippen LogP contribution in [0.5, 0.6) is 0 Å². The SMILES string of the molecule is C/C=C\c1c(N)noc1/C(=N\C)C(C)(C)CC. The van der Waals surface area contributed by atoms with Crippen molar-refractivity contribution in [3.63, 3.8) is 0 Å². The highest BCUT2D eigenvalue weighted by atomic mass is 16.5. The minimum absolute atomic E-state index is 0.0585. The largest absolute Gasteiger partial charge is 0.380 e. The molecule has 1 aromatic rings. The molecule has 0 radical (unpaired) electrons. The Bertz CT molecular complexity index is 442. The second kappa shape index (κ2) is 5.17. The van der Waals surface area contributed by atoms with Crippen molar-refractivity contribution >= 4 is 17.6 Å². The molecule has 0 aliphatic heterocycles. The molecular formula is C13H21N3O. The van der Waals surface area contributed by atoms with Crippen molar-refractivity contribution in [2.45, 2.75) is 34.1 Å². The molecule has 1 heterocycles. The molecule has 1 aromatic heterocycles. The molecule has 0 unspecified atom stereocenters. The van der Waals surface area contributed by atoms with Crippen molar-refractivity contribution in [1.29, 1.82) is 0 Å². The molecule has 0 aliphatic carbocycles. The number of hydrogen-bond donors (Lipinski definition) is 1. The lowest BCUT2D eigenvalue weighted by atomic mass is 9.82. The zero-order valence-electron chi connectivity index (χ0n) is 11.2. The van der Waals surface area contributed by atoms with Crippen LogP contribution in [0.1, 0.15) is 45.4 Å². The third-order valence-electron chi connectivity index (χ3n) is 3.05. The van der Waals surface area contributed by atoms with Crippen LogP contribution in [0.15, 0.2) is 15.6 Å². The van der Waals surface area contributed by atoms with E-state index in [0.29, 0.717) is 11.6 Å².